The second-order valence-electron chi connectivity index (χ2n) is 5.16. The Morgan fingerprint density at radius 2 is 1.95 bits per heavy atom. The second kappa shape index (κ2) is 7.34. The van der Waals surface area contributed by atoms with Crippen LogP contribution in [0.4, 0.5) is 0 Å². The van der Waals surface area contributed by atoms with Crippen LogP contribution in [-0.4, -0.2) is 19.0 Å². The maximum absolute atomic E-state index is 12.2. The molecule has 0 aliphatic heterocycles. The molecular formula is C15H26N2O2. The molecule has 1 unspecified atom stereocenters. The van der Waals surface area contributed by atoms with Crippen LogP contribution in [0, 0.1) is 26.7 Å². The molecular weight excluding hydrogens is 240 g/mol. The van der Waals surface area contributed by atoms with Crippen LogP contribution in [-0.2, 0) is 0 Å². The van der Waals surface area contributed by atoms with Gasteiger partial charge in [0.1, 0.15) is 11.5 Å². The van der Waals surface area contributed by atoms with Gasteiger partial charge in [0.15, 0.2) is 0 Å². The van der Waals surface area contributed by atoms with Gasteiger partial charge in [-0.15, -0.1) is 0 Å². The van der Waals surface area contributed by atoms with Gasteiger partial charge >= 0.3 is 0 Å². The van der Waals surface area contributed by atoms with E-state index >= 15 is 0 Å². The van der Waals surface area contributed by atoms with Crippen molar-refractivity contribution in [2.24, 2.45) is 11.7 Å². The fourth-order valence-corrected chi connectivity index (χ4v) is 2.45. The van der Waals surface area contributed by atoms with Gasteiger partial charge in [0.2, 0.25) is 0 Å². The molecule has 0 saturated heterocycles. The standard InChI is InChI=1S/C15H26N2O2/c1-5-6-13(7-8-16)9-17-15(18)14-10(2)11(3)19-12(14)4/h13H,5-9,16H2,1-4H3,(H,17,18). The number of carbonyl (C=O) groups excluding carboxylic acids is 1. The number of nitrogens with two attached hydrogens (primary N) is 1. The zero-order valence-electron chi connectivity index (χ0n) is 12.5. The molecule has 0 radical (unpaired) electrons. The lowest BCUT2D eigenvalue weighted by Crippen LogP contribution is -2.30. The van der Waals surface area contributed by atoms with Crippen LogP contribution in [0.1, 0.15) is 53.6 Å². The molecule has 1 rings (SSSR count). The molecule has 19 heavy (non-hydrogen) atoms. The van der Waals surface area contributed by atoms with Crippen molar-refractivity contribution in [2.45, 2.75) is 47.0 Å². The minimum atomic E-state index is -0.0371. The quantitative estimate of drug-likeness (QED) is 0.797. The Bertz CT molecular complexity index is 418. The van der Waals surface area contributed by atoms with Crippen molar-refractivity contribution in [1.82, 2.24) is 5.32 Å². The zero-order valence-corrected chi connectivity index (χ0v) is 12.5. The van der Waals surface area contributed by atoms with Gasteiger partial charge in [-0.2, -0.15) is 0 Å². The summed E-state index contributed by atoms with van der Waals surface area (Å²) in [6.45, 7) is 9.14. The molecule has 108 valence electrons. The molecule has 0 aliphatic carbocycles. The number of nitrogens with one attached hydrogen (secondary N) is 1. The van der Waals surface area contributed by atoms with E-state index in [-0.39, 0.29) is 5.91 Å². The highest BCUT2D eigenvalue weighted by atomic mass is 16.3. The molecule has 0 spiro atoms. The van der Waals surface area contributed by atoms with E-state index in [1.54, 1.807) is 0 Å². The van der Waals surface area contributed by atoms with Crippen LogP contribution in [0.2, 0.25) is 0 Å². The van der Waals surface area contributed by atoms with Gasteiger partial charge in [0, 0.05) is 12.1 Å². The van der Waals surface area contributed by atoms with Crippen molar-refractivity contribution in [3.8, 4) is 0 Å². The van der Waals surface area contributed by atoms with E-state index in [0.717, 1.165) is 30.6 Å². The first-order valence-electron chi connectivity index (χ1n) is 7.06. The van der Waals surface area contributed by atoms with Gasteiger partial charge in [-0.1, -0.05) is 13.3 Å². The molecule has 0 saturated carbocycles. The van der Waals surface area contributed by atoms with Crippen LogP contribution in [0.25, 0.3) is 0 Å². The minimum Gasteiger partial charge on any atom is -0.466 e. The summed E-state index contributed by atoms with van der Waals surface area (Å²) < 4.78 is 5.49. The van der Waals surface area contributed by atoms with Crippen LogP contribution in [0.3, 0.4) is 0 Å². The fourth-order valence-electron chi connectivity index (χ4n) is 2.45. The van der Waals surface area contributed by atoms with Gasteiger partial charge < -0.3 is 15.5 Å². The number of aryl methyl sites for hydroxylation is 2. The van der Waals surface area contributed by atoms with Crippen LogP contribution >= 0.6 is 0 Å². The smallest absolute Gasteiger partial charge is 0.255 e. The molecule has 4 heteroatoms. The lowest BCUT2D eigenvalue weighted by atomic mass is 9.99. The summed E-state index contributed by atoms with van der Waals surface area (Å²) in [6.07, 6.45) is 3.17. The number of hydrogen-bond donors (Lipinski definition) is 2. The molecule has 1 amide bonds. The number of hydrogen-bond acceptors (Lipinski definition) is 3. The number of furan rings is 1. The predicted molar refractivity (Wildman–Crippen MR) is 77.3 cm³/mol. The lowest BCUT2D eigenvalue weighted by Gasteiger charge is -2.16. The third-order valence-electron chi connectivity index (χ3n) is 3.61. The average molecular weight is 266 g/mol. The molecule has 0 fully saturated rings. The highest BCUT2D eigenvalue weighted by Gasteiger charge is 2.19. The highest BCUT2D eigenvalue weighted by Crippen LogP contribution is 2.20. The molecule has 3 N–H and O–H groups in total. The van der Waals surface area contributed by atoms with Crippen molar-refractivity contribution >= 4 is 5.91 Å². The Morgan fingerprint density at radius 3 is 2.42 bits per heavy atom. The summed E-state index contributed by atoms with van der Waals surface area (Å²) in [5, 5.41) is 3.01. The molecule has 1 aromatic rings. The van der Waals surface area contributed by atoms with E-state index in [1.807, 2.05) is 20.8 Å². The van der Waals surface area contributed by atoms with Gasteiger partial charge in [-0.3, -0.25) is 4.79 Å². The van der Waals surface area contributed by atoms with Crippen molar-refractivity contribution in [3.63, 3.8) is 0 Å². The summed E-state index contributed by atoms with van der Waals surface area (Å²) in [7, 11) is 0. The minimum absolute atomic E-state index is 0.0371. The normalized spacial score (nSPS) is 12.5. The van der Waals surface area contributed by atoms with Crippen molar-refractivity contribution in [1.29, 1.82) is 0 Å². The van der Waals surface area contributed by atoms with E-state index in [1.165, 1.54) is 0 Å². The Morgan fingerprint density at radius 1 is 1.26 bits per heavy atom. The van der Waals surface area contributed by atoms with Gasteiger partial charge in [0.05, 0.1) is 5.56 Å². The second-order valence-corrected chi connectivity index (χ2v) is 5.16. The van der Waals surface area contributed by atoms with E-state index in [2.05, 4.69) is 12.2 Å². The van der Waals surface area contributed by atoms with Crippen molar-refractivity contribution in [3.05, 3.63) is 22.6 Å². The summed E-state index contributed by atoms with van der Waals surface area (Å²) in [4.78, 5) is 12.2. The summed E-state index contributed by atoms with van der Waals surface area (Å²) >= 11 is 0. The zero-order chi connectivity index (χ0) is 14.4. The number of amides is 1. The van der Waals surface area contributed by atoms with Crippen LogP contribution < -0.4 is 11.1 Å². The third-order valence-corrected chi connectivity index (χ3v) is 3.61. The Hall–Kier alpha value is -1.29. The lowest BCUT2D eigenvalue weighted by molar-refractivity contribution is 0.0943. The number of rotatable bonds is 7. The van der Waals surface area contributed by atoms with Gasteiger partial charge in [-0.05, 0) is 46.1 Å². The first-order chi connectivity index (χ1) is 9.01. The molecule has 1 atom stereocenters. The van der Waals surface area contributed by atoms with E-state index < -0.39 is 0 Å². The predicted octanol–water partition coefficient (Wildman–Crippen LogP) is 2.70. The maximum atomic E-state index is 12.2. The monoisotopic (exact) mass is 266 g/mol. The Labute approximate surface area is 115 Å². The van der Waals surface area contributed by atoms with Crippen LogP contribution in [0.15, 0.2) is 4.42 Å². The van der Waals surface area contributed by atoms with Crippen molar-refractivity contribution < 1.29 is 9.21 Å². The molecule has 4 nitrogen and oxygen atoms in total. The topological polar surface area (TPSA) is 68.3 Å². The SMILES string of the molecule is CCCC(CCN)CNC(=O)c1c(C)oc(C)c1C. The highest BCUT2D eigenvalue weighted by molar-refractivity contribution is 5.96. The summed E-state index contributed by atoms with van der Waals surface area (Å²) in [5.41, 5.74) is 7.21. The van der Waals surface area contributed by atoms with Gasteiger partial charge in [-0.25, -0.2) is 0 Å². The average Bonchev–Trinajstić information content (AvgIpc) is 2.61. The van der Waals surface area contributed by atoms with Crippen LogP contribution in [0.5, 0.6) is 0 Å². The van der Waals surface area contributed by atoms with E-state index in [9.17, 15) is 4.79 Å². The van der Waals surface area contributed by atoms with E-state index in [4.69, 9.17) is 10.2 Å². The van der Waals surface area contributed by atoms with Crippen molar-refractivity contribution in [2.75, 3.05) is 13.1 Å². The fraction of sp³-hybridized carbons (Fsp3) is 0.667. The first-order valence-corrected chi connectivity index (χ1v) is 7.06. The molecule has 0 bridgehead atoms. The largest absolute Gasteiger partial charge is 0.466 e. The summed E-state index contributed by atoms with van der Waals surface area (Å²) in [5.74, 6) is 1.94. The molecule has 0 aromatic carbocycles. The number of carbonyl (C=O) groups is 1. The van der Waals surface area contributed by atoms with Gasteiger partial charge in [0.25, 0.3) is 5.91 Å². The summed E-state index contributed by atoms with van der Waals surface area (Å²) in [6, 6.07) is 0. The Kier molecular flexibility index (Phi) is 6.09. The molecule has 0 aliphatic rings. The molecule has 1 aromatic heterocycles. The first kappa shape index (κ1) is 15.8. The molecule has 1 heterocycles. The maximum Gasteiger partial charge on any atom is 0.255 e. The van der Waals surface area contributed by atoms with E-state index in [0.29, 0.717) is 30.3 Å². The Balaban J connectivity index is 2.64. The third kappa shape index (κ3) is 4.10.